The first-order valence-corrected chi connectivity index (χ1v) is 6.56. The minimum atomic E-state index is -0.193. The van der Waals surface area contributed by atoms with E-state index in [-0.39, 0.29) is 11.8 Å². The first kappa shape index (κ1) is 13.9. The van der Waals surface area contributed by atoms with Crippen LogP contribution in [0.25, 0.3) is 0 Å². The molecule has 0 atom stereocenters. The molecule has 1 aromatic carbocycles. The van der Waals surface area contributed by atoms with Gasteiger partial charge in [-0.3, -0.25) is 4.79 Å². The number of nitriles is 1. The number of thioether (sulfide) groups is 1. The van der Waals surface area contributed by atoms with Crippen molar-refractivity contribution >= 4 is 35.0 Å². The predicted octanol–water partition coefficient (Wildman–Crippen LogP) is 3.05. The number of anilines is 1. The fourth-order valence-electron chi connectivity index (χ4n) is 1.55. The van der Waals surface area contributed by atoms with Gasteiger partial charge in [0, 0.05) is 5.69 Å². The summed E-state index contributed by atoms with van der Waals surface area (Å²) in [4.78, 5) is 13.3. The van der Waals surface area contributed by atoms with Crippen LogP contribution >= 0.6 is 23.4 Å². The van der Waals surface area contributed by atoms with Crippen LogP contribution in [0, 0.1) is 24.5 Å². The molecule has 0 saturated heterocycles. The second-order valence-electron chi connectivity index (χ2n) is 3.61. The zero-order chi connectivity index (χ0) is 12.8. The second-order valence-corrected chi connectivity index (χ2v) is 4.61. The van der Waals surface area contributed by atoms with Crippen LogP contribution in [0.1, 0.15) is 11.1 Å². The summed E-state index contributed by atoms with van der Waals surface area (Å²) in [6.07, 6.45) is 0. The molecule has 0 aliphatic carbocycles. The SMILES string of the molecule is Cc1ccc(N(CSC#N)C(=O)CCl)c(C)c1. The van der Waals surface area contributed by atoms with Crippen molar-refractivity contribution < 1.29 is 4.79 Å². The predicted molar refractivity (Wildman–Crippen MR) is 72.2 cm³/mol. The van der Waals surface area contributed by atoms with Gasteiger partial charge in [-0.1, -0.05) is 17.7 Å². The molecule has 0 radical (unpaired) electrons. The number of hydrogen-bond acceptors (Lipinski definition) is 3. The van der Waals surface area contributed by atoms with Crippen LogP contribution in [0.3, 0.4) is 0 Å². The molecule has 0 fully saturated rings. The number of amides is 1. The highest BCUT2D eigenvalue weighted by atomic mass is 35.5. The third-order valence-electron chi connectivity index (χ3n) is 2.32. The molecule has 0 bridgehead atoms. The Labute approximate surface area is 110 Å². The van der Waals surface area contributed by atoms with Crippen LogP contribution < -0.4 is 4.90 Å². The molecule has 1 amide bonds. The summed E-state index contributed by atoms with van der Waals surface area (Å²) in [7, 11) is 0. The number of rotatable bonds is 4. The van der Waals surface area contributed by atoms with E-state index >= 15 is 0 Å². The summed E-state index contributed by atoms with van der Waals surface area (Å²) in [5.74, 6) is 0.0204. The third kappa shape index (κ3) is 3.65. The standard InChI is InChI=1S/C12H13ClN2OS/c1-9-3-4-11(10(2)5-9)15(8-17-7-14)12(16)6-13/h3-5H,6,8H2,1-2H3. The van der Waals surface area contributed by atoms with Crippen molar-refractivity contribution in [3.8, 4) is 5.40 Å². The summed E-state index contributed by atoms with van der Waals surface area (Å²) >= 11 is 6.60. The van der Waals surface area contributed by atoms with Crippen molar-refractivity contribution in [2.24, 2.45) is 0 Å². The largest absolute Gasteiger partial charge is 0.300 e. The molecule has 0 unspecified atom stereocenters. The van der Waals surface area contributed by atoms with E-state index in [1.807, 2.05) is 37.4 Å². The van der Waals surface area contributed by atoms with E-state index < -0.39 is 0 Å². The summed E-state index contributed by atoms with van der Waals surface area (Å²) in [6.45, 7) is 3.93. The van der Waals surface area contributed by atoms with Gasteiger partial charge in [-0.25, -0.2) is 0 Å². The van der Waals surface area contributed by atoms with Gasteiger partial charge in [0.2, 0.25) is 5.91 Å². The van der Waals surface area contributed by atoms with E-state index in [0.717, 1.165) is 28.6 Å². The number of hydrogen-bond donors (Lipinski definition) is 0. The fourth-order valence-corrected chi connectivity index (χ4v) is 2.16. The average Bonchev–Trinajstić information content (AvgIpc) is 2.31. The lowest BCUT2D eigenvalue weighted by Crippen LogP contribution is -2.32. The van der Waals surface area contributed by atoms with Crippen LogP contribution in [-0.2, 0) is 4.79 Å². The lowest BCUT2D eigenvalue weighted by Gasteiger charge is -2.22. The maximum atomic E-state index is 11.7. The fraction of sp³-hybridized carbons (Fsp3) is 0.333. The molecular weight excluding hydrogens is 256 g/mol. The van der Waals surface area contributed by atoms with E-state index in [2.05, 4.69) is 0 Å². The Bertz CT molecular complexity index is 456. The van der Waals surface area contributed by atoms with Crippen LogP contribution in [0.15, 0.2) is 18.2 Å². The molecule has 0 spiro atoms. The average molecular weight is 269 g/mol. The molecule has 17 heavy (non-hydrogen) atoms. The Morgan fingerprint density at radius 3 is 2.76 bits per heavy atom. The van der Waals surface area contributed by atoms with Crippen LogP contribution in [0.4, 0.5) is 5.69 Å². The smallest absolute Gasteiger partial charge is 0.242 e. The van der Waals surface area contributed by atoms with Crippen LogP contribution in [0.2, 0.25) is 0 Å². The topological polar surface area (TPSA) is 44.1 Å². The number of thiocyanates is 1. The van der Waals surface area contributed by atoms with Gasteiger partial charge in [0.05, 0.1) is 5.88 Å². The third-order valence-corrected chi connectivity index (χ3v) is 3.06. The van der Waals surface area contributed by atoms with E-state index in [9.17, 15) is 4.79 Å². The first-order valence-electron chi connectivity index (χ1n) is 5.04. The van der Waals surface area contributed by atoms with Crippen molar-refractivity contribution in [2.75, 3.05) is 16.7 Å². The zero-order valence-corrected chi connectivity index (χ0v) is 11.3. The molecule has 0 heterocycles. The molecule has 1 rings (SSSR count). The van der Waals surface area contributed by atoms with Crippen molar-refractivity contribution in [2.45, 2.75) is 13.8 Å². The monoisotopic (exact) mass is 268 g/mol. The van der Waals surface area contributed by atoms with Crippen LogP contribution in [0.5, 0.6) is 0 Å². The Balaban J connectivity index is 3.04. The minimum absolute atomic E-state index is 0.0840. The number of benzene rings is 1. The molecular formula is C12H13ClN2OS. The van der Waals surface area contributed by atoms with Gasteiger partial charge >= 0.3 is 0 Å². The van der Waals surface area contributed by atoms with Gasteiger partial charge in [0.1, 0.15) is 11.3 Å². The number of aryl methyl sites for hydroxylation is 2. The van der Waals surface area contributed by atoms with Crippen molar-refractivity contribution in [3.63, 3.8) is 0 Å². The highest BCUT2D eigenvalue weighted by Gasteiger charge is 2.16. The molecule has 0 aromatic heterocycles. The van der Waals surface area contributed by atoms with Crippen LogP contribution in [-0.4, -0.2) is 17.7 Å². The first-order chi connectivity index (χ1) is 8.10. The number of carbonyl (C=O) groups excluding carboxylic acids is 1. The molecule has 1 aromatic rings. The Morgan fingerprint density at radius 2 is 2.24 bits per heavy atom. The Morgan fingerprint density at radius 1 is 1.53 bits per heavy atom. The normalized spacial score (nSPS) is 9.76. The highest BCUT2D eigenvalue weighted by molar-refractivity contribution is 8.03. The minimum Gasteiger partial charge on any atom is -0.300 e. The zero-order valence-electron chi connectivity index (χ0n) is 9.74. The lowest BCUT2D eigenvalue weighted by molar-refractivity contribution is -0.116. The van der Waals surface area contributed by atoms with Crippen molar-refractivity contribution in [3.05, 3.63) is 29.3 Å². The molecule has 0 saturated carbocycles. The van der Waals surface area contributed by atoms with Crippen molar-refractivity contribution in [1.82, 2.24) is 0 Å². The van der Waals surface area contributed by atoms with Crippen molar-refractivity contribution in [1.29, 1.82) is 5.26 Å². The van der Waals surface area contributed by atoms with E-state index in [1.54, 1.807) is 0 Å². The molecule has 0 N–H and O–H groups in total. The Hall–Kier alpha value is -1.18. The van der Waals surface area contributed by atoms with Gasteiger partial charge in [0.15, 0.2) is 0 Å². The van der Waals surface area contributed by atoms with Gasteiger partial charge in [-0.15, -0.1) is 11.6 Å². The summed E-state index contributed by atoms with van der Waals surface area (Å²) in [6, 6.07) is 5.82. The van der Waals surface area contributed by atoms with E-state index in [1.165, 1.54) is 4.90 Å². The number of nitrogens with zero attached hydrogens (tertiary/aromatic N) is 2. The van der Waals surface area contributed by atoms with E-state index in [0.29, 0.717) is 5.88 Å². The highest BCUT2D eigenvalue weighted by Crippen LogP contribution is 2.23. The van der Waals surface area contributed by atoms with E-state index in [4.69, 9.17) is 16.9 Å². The molecule has 90 valence electrons. The molecule has 0 aliphatic heterocycles. The maximum absolute atomic E-state index is 11.7. The molecule has 5 heteroatoms. The summed E-state index contributed by atoms with van der Waals surface area (Å²) < 4.78 is 0. The summed E-state index contributed by atoms with van der Waals surface area (Å²) in [5, 5.41) is 10.5. The number of carbonyl (C=O) groups is 1. The van der Waals surface area contributed by atoms with Gasteiger partial charge in [-0.05, 0) is 37.2 Å². The Kier molecular flexibility index (Phi) is 5.33. The second kappa shape index (κ2) is 6.53. The summed E-state index contributed by atoms with van der Waals surface area (Å²) in [5.41, 5.74) is 2.95. The van der Waals surface area contributed by atoms with Gasteiger partial charge in [-0.2, -0.15) is 5.26 Å². The molecule has 0 aliphatic rings. The number of halogens is 1. The van der Waals surface area contributed by atoms with Gasteiger partial charge in [0.25, 0.3) is 0 Å². The number of alkyl halides is 1. The maximum Gasteiger partial charge on any atom is 0.242 e. The molecule has 3 nitrogen and oxygen atoms in total. The quantitative estimate of drug-likeness (QED) is 0.479. The lowest BCUT2D eigenvalue weighted by atomic mass is 10.1. The van der Waals surface area contributed by atoms with Gasteiger partial charge < -0.3 is 4.90 Å².